The molecule has 1 aromatic carbocycles. The van der Waals surface area contributed by atoms with Crippen LogP contribution in [0.5, 0.6) is 11.5 Å². The summed E-state index contributed by atoms with van der Waals surface area (Å²) < 4.78 is 20.7. The molecule has 2 aromatic rings. The minimum atomic E-state index is -1.83. The van der Waals surface area contributed by atoms with Crippen molar-refractivity contribution in [2.45, 2.75) is 30.7 Å². The van der Waals surface area contributed by atoms with E-state index in [-0.39, 0.29) is 17.1 Å². The van der Waals surface area contributed by atoms with Gasteiger partial charge in [0, 0.05) is 17.5 Å². The van der Waals surface area contributed by atoms with Gasteiger partial charge < -0.3 is 39.1 Å². The van der Waals surface area contributed by atoms with Crippen molar-refractivity contribution in [1.82, 2.24) is 0 Å². The van der Waals surface area contributed by atoms with Crippen LogP contribution in [0.25, 0.3) is 11.0 Å². The van der Waals surface area contributed by atoms with Crippen LogP contribution in [0.4, 0.5) is 0 Å². The highest BCUT2D eigenvalue weighted by Crippen LogP contribution is 2.34. The van der Waals surface area contributed by atoms with E-state index in [4.69, 9.17) is 23.7 Å². The quantitative estimate of drug-likeness (QED) is 0.497. The average Bonchev–Trinajstić information content (AvgIpc) is 2.61. The van der Waals surface area contributed by atoms with Crippen molar-refractivity contribution in [1.29, 1.82) is 0 Å². The van der Waals surface area contributed by atoms with Gasteiger partial charge >= 0.3 is 11.6 Å². The first kappa shape index (κ1) is 18.1. The van der Waals surface area contributed by atoms with Crippen LogP contribution in [0.15, 0.2) is 33.5 Å². The van der Waals surface area contributed by atoms with Gasteiger partial charge in [0.05, 0.1) is 7.11 Å². The minimum Gasteiger partial charge on any atom is -0.493 e. The van der Waals surface area contributed by atoms with E-state index in [9.17, 15) is 24.9 Å². The third-order valence-corrected chi connectivity index (χ3v) is 3.96. The summed E-state index contributed by atoms with van der Waals surface area (Å²) in [7, 11) is 1.35. The normalized spacial score (nSPS) is 28.7. The van der Waals surface area contributed by atoms with Crippen molar-refractivity contribution < 1.29 is 43.8 Å². The smallest absolute Gasteiger partial charge is 0.336 e. The Morgan fingerprint density at radius 3 is 2.46 bits per heavy atom. The van der Waals surface area contributed by atoms with E-state index in [2.05, 4.69) is 0 Å². The Morgan fingerprint density at radius 1 is 1.08 bits per heavy atom. The lowest BCUT2D eigenvalue weighted by Gasteiger charge is -2.38. The first-order valence-corrected chi connectivity index (χ1v) is 7.53. The lowest BCUT2D eigenvalue weighted by atomic mass is 9.99. The number of carboxylic acids is 1. The summed E-state index contributed by atoms with van der Waals surface area (Å²) in [6.45, 7) is 0. The van der Waals surface area contributed by atoms with Crippen LogP contribution < -0.4 is 15.1 Å². The lowest BCUT2D eigenvalue weighted by Crippen LogP contribution is -2.61. The second-order valence-corrected chi connectivity index (χ2v) is 5.65. The van der Waals surface area contributed by atoms with Gasteiger partial charge in [0.2, 0.25) is 6.29 Å². The molecule has 4 N–H and O–H groups in total. The number of aliphatic carboxylic acids is 1. The molecule has 1 fully saturated rings. The Balaban J connectivity index is 1.96. The molecule has 0 bridgehead atoms. The molecule has 1 aromatic heterocycles. The number of carbonyl (C=O) groups is 1. The fourth-order valence-electron chi connectivity index (χ4n) is 2.60. The Labute approximate surface area is 145 Å². The zero-order chi connectivity index (χ0) is 19.0. The molecule has 3 rings (SSSR count). The highest BCUT2D eigenvalue weighted by Gasteiger charge is 2.48. The first-order valence-electron chi connectivity index (χ1n) is 7.53. The van der Waals surface area contributed by atoms with E-state index in [0.717, 1.165) is 0 Å². The van der Waals surface area contributed by atoms with Gasteiger partial charge in [-0.25, -0.2) is 9.59 Å². The summed E-state index contributed by atoms with van der Waals surface area (Å²) in [5.41, 5.74) is -0.430. The maximum Gasteiger partial charge on any atom is 0.336 e. The molecule has 1 aliphatic rings. The van der Waals surface area contributed by atoms with Crippen LogP contribution >= 0.6 is 0 Å². The van der Waals surface area contributed by atoms with Gasteiger partial charge in [-0.05, 0) is 12.1 Å². The molecule has 1 aliphatic heterocycles. The number of benzene rings is 1. The van der Waals surface area contributed by atoms with E-state index >= 15 is 0 Å². The molecule has 0 spiro atoms. The number of aliphatic hydroxyl groups is 3. The van der Waals surface area contributed by atoms with E-state index in [1.165, 1.54) is 31.4 Å². The second kappa shape index (κ2) is 6.92. The van der Waals surface area contributed by atoms with Crippen molar-refractivity contribution >= 4 is 16.9 Å². The molecule has 0 radical (unpaired) electrons. The molecule has 10 nitrogen and oxygen atoms in total. The summed E-state index contributed by atoms with van der Waals surface area (Å²) in [6, 6.07) is 5.55. The molecule has 2 heterocycles. The monoisotopic (exact) mass is 368 g/mol. The van der Waals surface area contributed by atoms with Crippen LogP contribution in [-0.4, -0.2) is 64.2 Å². The third-order valence-electron chi connectivity index (χ3n) is 3.96. The van der Waals surface area contributed by atoms with Crippen molar-refractivity contribution in [3.05, 3.63) is 34.7 Å². The standard InChI is InChI=1S/C16H16O10/c1-23-8-4-6-2-3-10(17)24-7(6)5-9(8)25-16-13(20)11(18)12(19)14(26-16)15(21)22/h2-5,11-14,16,18-20H,1H3,(H,21,22)/t11-,12-,13+,14-,16+/m0/s1. The Hall–Kier alpha value is -2.66. The Bertz CT molecular complexity index is 875. The topological polar surface area (TPSA) is 156 Å². The molecule has 0 amide bonds. The van der Waals surface area contributed by atoms with Crippen LogP contribution in [0, 0.1) is 0 Å². The number of methoxy groups -OCH3 is 1. The van der Waals surface area contributed by atoms with Crippen molar-refractivity contribution in [2.24, 2.45) is 0 Å². The maximum atomic E-state index is 11.4. The number of aliphatic hydroxyl groups excluding tert-OH is 3. The van der Waals surface area contributed by atoms with E-state index < -0.39 is 42.3 Å². The van der Waals surface area contributed by atoms with Crippen molar-refractivity contribution in [3.8, 4) is 11.5 Å². The Morgan fingerprint density at radius 2 is 1.81 bits per heavy atom. The summed E-state index contributed by atoms with van der Waals surface area (Å²) in [6.07, 6.45) is -8.79. The van der Waals surface area contributed by atoms with E-state index in [1.807, 2.05) is 0 Å². The summed E-state index contributed by atoms with van der Waals surface area (Å²) in [5.74, 6) is -1.37. The molecule has 10 heteroatoms. The van der Waals surface area contributed by atoms with Gasteiger partial charge in [-0.15, -0.1) is 0 Å². The molecular weight excluding hydrogens is 352 g/mol. The highest BCUT2D eigenvalue weighted by molar-refractivity contribution is 5.80. The van der Waals surface area contributed by atoms with Crippen LogP contribution in [0.1, 0.15) is 0 Å². The first-order chi connectivity index (χ1) is 12.3. The molecule has 0 aliphatic carbocycles. The molecule has 26 heavy (non-hydrogen) atoms. The Kier molecular flexibility index (Phi) is 4.83. The zero-order valence-corrected chi connectivity index (χ0v) is 13.4. The maximum absolute atomic E-state index is 11.4. The number of fused-ring (bicyclic) bond motifs is 1. The van der Waals surface area contributed by atoms with Crippen molar-refractivity contribution in [3.63, 3.8) is 0 Å². The minimum absolute atomic E-state index is 0.0221. The van der Waals surface area contributed by atoms with Crippen molar-refractivity contribution in [2.75, 3.05) is 7.11 Å². The fourth-order valence-corrected chi connectivity index (χ4v) is 2.60. The molecule has 0 unspecified atom stereocenters. The second-order valence-electron chi connectivity index (χ2n) is 5.65. The molecule has 140 valence electrons. The number of carboxylic acid groups (broad SMARTS) is 1. The van der Waals surface area contributed by atoms with E-state index in [1.54, 1.807) is 0 Å². The van der Waals surface area contributed by atoms with Gasteiger partial charge in [-0.3, -0.25) is 0 Å². The van der Waals surface area contributed by atoms with Crippen LogP contribution in [0.3, 0.4) is 0 Å². The fraction of sp³-hybridized carbons (Fsp3) is 0.375. The summed E-state index contributed by atoms with van der Waals surface area (Å²) >= 11 is 0. The van der Waals surface area contributed by atoms with Crippen LogP contribution in [0.2, 0.25) is 0 Å². The zero-order valence-electron chi connectivity index (χ0n) is 13.4. The predicted molar refractivity (Wildman–Crippen MR) is 84.0 cm³/mol. The molecule has 5 atom stereocenters. The number of hydrogen-bond donors (Lipinski definition) is 4. The lowest BCUT2D eigenvalue weighted by molar-refractivity contribution is -0.271. The summed E-state index contributed by atoms with van der Waals surface area (Å²) in [5, 5.41) is 39.1. The van der Waals surface area contributed by atoms with Gasteiger partial charge in [-0.1, -0.05) is 0 Å². The number of hydrogen-bond acceptors (Lipinski definition) is 9. The highest BCUT2D eigenvalue weighted by atomic mass is 16.7. The van der Waals surface area contributed by atoms with Gasteiger partial charge in [0.25, 0.3) is 0 Å². The van der Waals surface area contributed by atoms with Crippen LogP contribution in [-0.2, 0) is 9.53 Å². The molecule has 1 saturated heterocycles. The predicted octanol–water partition coefficient (Wildman–Crippen LogP) is -0.927. The summed E-state index contributed by atoms with van der Waals surface area (Å²) in [4.78, 5) is 22.5. The van der Waals surface area contributed by atoms with Gasteiger partial charge in [0.15, 0.2) is 17.6 Å². The molecule has 0 saturated carbocycles. The number of ether oxygens (including phenoxy) is 3. The average molecular weight is 368 g/mol. The van der Waals surface area contributed by atoms with Gasteiger partial charge in [0.1, 0.15) is 23.9 Å². The van der Waals surface area contributed by atoms with Gasteiger partial charge in [-0.2, -0.15) is 0 Å². The largest absolute Gasteiger partial charge is 0.493 e. The number of rotatable bonds is 4. The SMILES string of the molecule is COc1cc2ccc(=O)oc2cc1O[C@@H]1O[C@H](C(=O)O)[C@@H](O)[C@H](O)[C@H]1O. The third kappa shape index (κ3) is 3.22. The molecular formula is C16H16O10. The van der Waals surface area contributed by atoms with E-state index in [0.29, 0.717) is 5.39 Å².